The van der Waals surface area contributed by atoms with E-state index in [0.29, 0.717) is 11.3 Å². The van der Waals surface area contributed by atoms with Crippen LogP contribution in [0.25, 0.3) is 0 Å². The first kappa shape index (κ1) is 19.5. The van der Waals surface area contributed by atoms with Crippen molar-refractivity contribution in [3.05, 3.63) is 29.3 Å². The second-order valence-corrected chi connectivity index (χ2v) is 5.19. The first-order valence-electron chi connectivity index (χ1n) is 7.88. The maximum Gasteiger partial charge on any atom is 0.328 e. The van der Waals surface area contributed by atoms with Gasteiger partial charge in [0.25, 0.3) is 5.91 Å². The molecule has 0 fully saturated rings. The summed E-state index contributed by atoms with van der Waals surface area (Å²) in [7, 11) is 0. The SMILES string of the molecule is CCOC(=O)CC[C@H](NC(=O)c1ccc(N)c(C)c1)C(=O)OCC. The molecule has 1 rings (SSSR count). The van der Waals surface area contributed by atoms with Crippen molar-refractivity contribution < 1.29 is 23.9 Å². The molecule has 132 valence electrons. The second kappa shape index (κ2) is 9.54. The summed E-state index contributed by atoms with van der Waals surface area (Å²) >= 11 is 0. The third kappa shape index (κ3) is 5.91. The van der Waals surface area contributed by atoms with Gasteiger partial charge in [-0.3, -0.25) is 9.59 Å². The largest absolute Gasteiger partial charge is 0.466 e. The van der Waals surface area contributed by atoms with Crippen molar-refractivity contribution in [2.75, 3.05) is 18.9 Å². The molecule has 0 aromatic heterocycles. The summed E-state index contributed by atoms with van der Waals surface area (Å²) < 4.78 is 9.78. The van der Waals surface area contributed by atoms with E-state index < -0.39 is 23.9 Å². The van der Waals surface area contributed by atoms with Gasteiger partial charge in [-0.1, -0.05) is 0 Å². The minimum atomic E-state index is -0.917. The predicted molar refractivity (Wildman–Crippen MR) is 89.3 cm³/mol. The fraction of sp³-hybridized carbons (Fsp3) is 0.471. The molecule has 0 bridgehead atoms. The molecule has 1 aromatic carbocycles. The molecule has 24 heavy (non-hydrogen) atoms. The summed E-state index contributed by atoms with van der Waals surface area (Å²) in [6.45, 7) is 5.61. The Balaban J connectivity index is 2.78. The van der Waals surface area contributed by atoms with Crippen LogP contribution < -0.4 is 11.1 Å². The van der Waals surface area contributed by atoms with Crippen LogP contribution in [0.15, 0.2) is 18.2 Å². The van der Waals surface area contributed by atoms with E-state index >= 15 is 0 Å². The normalized spacial score (nSPS) is 11.5. The number of benzene rings is 1. The molecule has 0 heterocycles. The van der Waals surface area contributed by atoms with Gasteiger partial charge in [-0.15, -0.1) is 0 Å². The Morgan fingerprint density at radius 3 is 2.42 bits per heavy atom. The number of esters is 2. The molecule has 0 spiro atoms. The highest BCUT2D eigenvalue weighted by molar-refractivity contribution is 5.97. The zero-order valence-corrected chi connectivity index (χ0v) is 14.3. The molecule has 1 amide bonds. The number of nitrogens with one attached hydrogen (secondary N) is 1. The molecule has 7 nitrogen and oxygen atoms in total. The highest BCUT2D eigenvalue weighted by atomic mass is 16.5. The molecule has 1 aromatic rings. The maximum atomic E-state index is 12.3. The van der Waals surface area contributed by atoms with Crippen LogP contribution in [-0.4, -0.2) is 37.1 Å². The lowest BCUT2D eigenvalue weighted by molar-refractivity contribution is -0.146. The van der Waals surface area contributed by atoms with E-state index in [2.05, 4.69) is 5.32 Å². The van der Waals surface area contributed by atoms with Gasteiger partial charge in [-0.25, -0.2) is 4.79 Å². The van der Waals surface area contributed by atoms with E-state index in [-0.39, 0.29) is 26.1 Å². The Bertz CT molecular complexity index is 601. The van der Waals surface area contributed by atoms with Crippen LogP contribution in [0.2, 0.25) is 0 Å². The van der Waals surface area contributed by atoms with Crippen molar-refractivity contribution in [2.45, 2.75) is 39.7 Å². The van der Waals surface area contributed by atoms with Crippen molar-refractivity contribution in [2.24, 2.45) is 0 Å². The van der Waals surface area contributed by atoms with E-state index in [0.717, 1.165) is 5.56 Å². The molecular formula is C17H24N2O5. The number of anilines is 1. The number of nitrogens with two attached hydrogens (primary N) is 1. The van der Waals surface area contributed by atoms with Gasteiger partial charge in [0.05, 0.1) is 13.2 Å². The van der Waals surface area contributed by atoms with Gasteiger partial charge in [0.1, 0.15) is 6.04 Å². The molecule has 1 atom stereocenters. The monoisotopic (exact) mass is 336 g/mol. The summed E-state index contributed by atoms with van der Waals surface area (Å²) in [5.41, 5.74) is 7.46. The van der Waals surface area contributed by atoms with Crippen LogP contribution in [0.3, 0.4) is 0 Å². The van der Waals surface area contributed by atoms with E-state index in [1.54, 1.807) is 39.0 Å². The molecule has 0 saturated heterocycles. The number of carbonyl (C=O) groups is 3. The number of aryl methyl sites for hydroxylation is 1. The molecule has 0 aliphatic heterocycles. The Morgan fingerprint density at radius 1 is 1.17 bits per heavy atom. The van der Waals surface area contributed by atoms with Gasteiger partial charge in [0.2, 0.25) is 0 Å². The van der Waals surface area contributed by atoms with Gasteiger partial charge in [-0.05, 0) is 51.0 Å². The average Bonchev–Trinajstić information content (AvgIpc) is 2.54. The fourth-order valence-electron chi connectivity index (χ4n) is 2.05. The minimum Gasteiger partial charge on any atom is -0.466 e. The quantitative estimate of drug-likeness (QED) is 0.551. The standard InChI is InChI=1S/C17H24N2O5/c1-4-23-15(20)9-8-14(17(22)24-5-2)19-16(21)12-6-7-13(18)11(3)10-12/h6-7,10,14H,4-5,8-9,18H2,1-3H3,(H,19,21)/t14-/m0/s1. The van der Waals surface area contributed by atoms with Crippen molar-refractivity contribution in [3.8, 4) is 0 Å². The summed E-state index contributed by atoms with van der Waals surface area (Å²) in [5.74, 6) is -1.44. The summed E-state index contributed by atoms with van der Waals surface area (Å²) in [4.78, 5) is 35.8. The average molecular weight is 336 g/mol. The number of amides is 1. The topological polar surface area (TPSA) is 108 Å². The van der Waals surface area contributed by atoms with Gasteiger partial charge >= 0.3 is 11.9 Å². The van der Waals surface area contributed by atoms with Gasteiger partial charge in [0, 0.05) is 17.7 Å². The van der Waals surface area contributed by atoms with Gasteiger partial charge in [0.15, 0.2) is 0 Å². The third-order valence-corrected chi connectivity index (χ3v) is 3.35. The Hall–Kier alpha value is -2.57. The molecule has 7 heteroatoms. The smallest absolute Gasteiger partial charge is 0.328 e. The van der Waals surface area contributed by atoms with Gasteiger partial charge in [-0.2, -0.15) is 0 Å². The van der Waals surface area contributed by atoms with Crippen LogP contribution in [0.5, 0.6) is 0 Å². The molecule has 0 unspecified atom stereocenters. The molecule has 3 N–H and O–H groups in total. The van der Waals surface area contributed by atoms with Crippen LogP contribution in [-0.2, 0) is 19.1 Å². The van der Waals surface area contributed by atoms with Crippen molar-refractivity contribution >= 4 is 23.5 Å². The Kier molecular flexibility index (Phi) is 7.74. The zero-order chi connectivity index (χ0) is 18.1. The van der Waals surface area contributed by atoms with Crippen LogP contribution in [0.1, 0.15) is 42.6 Å². The molecule has 0 radical (unpaired) electrons. The lowest BCUT2D eigenvalue weighted by Crippen LogP contribution is -2.42. The summed E-state index contributed by atoms with van der Waals surface area (Å²) in [6.07, 6.45) is 0.121. The highest BCUT2D eigenvalue weighted by Crippen LogP contribution is 2.13. The summed E-state index contributed by atoms with van der Waals surface area (Å²) in [5, 5.41) is 2.60. The van der Waals surface area contributed by atoms with Crippen LogP contribution in [0, 0.1) is 6.92 Å². The molecular weight excluding hydrogens is 312 g/mol. The molecule has 0 aliphatic carbocycles. The van der Waals surface area contributed by atoms with E-state index in [1.807, 2.05) is 0 Å². The number of hydrogen-bond donors (Lipinski definition) is 2. The van der Waals surface area contributed by atoms with E-state index in [9.17, 15) is 14.4 Å². The second-order valence-electron chi connectivity index (χ2n) is 5.19. The first-order chi connectivity index (χ1) is 11.4. The molecule has 0 saturated carbocycles. The molecule has 0 aliphatic rings. The first-order valence-corrected chi connectivity index (χ1v) is 7.88. The number of carbonyl (C=O) groups excluding carboxylic acids is 3. The van der Waals surface area contributed by atoms with Crippen LogP contribution >= 0.6 is 0 Å². The third-order valence-electron chi connectivity index (χ3n) is 3.35. The lowest BCUT2D eigenvalue weighted by atomic mass is 10.1. The summed E-state index contributed by atoms with van der Waals surface area (Å²) in [6, 6.07) is 3.92. The maximum absolute atomic E-state index is 12.3. The Morgan fingerprint density at radius 2 is 1.83 bits per heavy atom. The highest BCUT2D eigenvalue weighted by Gasteiger charge is 2.24. The van der Waals surface area contributed by atoms with E-state index in [1.165, 1.54) is 0 Å². The van der Waals surface area contributed by atoms with Crippen LogP contribution in [0.4, 0.5) is 5.69 Å². The number of nitrogen functional groups attached to an aromatic ring is 1. The zero-order valence-electron chi connectivity index (χ0n) is 14.3. The van der Waals surface area contributed by atoms with Gasteiger partial charge < -0.3 is 20.5 Å². The Labute approximate surface area is 141 Å². The lowest BCUT2D eigenvalue weighted by Gasteiger charge is -2.17. The van der Waals surface area contributed by atoms with E-state index in [4.69, 9.17) is 15.2 Å². The minimum absolute atomic E-state index is 0.0123. The fourth-order valence-corrected chi connectivity index (χ4v) is 2.05. The van der Waals surface area contributed by atoms with Crippen molar-refractivity contribution in [1.82, 2.24) is 5.32 Å². The number of rotatable bonds is 8. The number of hydrogen-bond acceptors (Lipinski definition) is 6. The number of ether oxygens (including phenoxy) is 2. The predicted octanol–water partition coefficient (Wildman–Crippen LogP) is 1.58. The van der Waals surface area contributed by atoms with Crippen molar-refractivity contribution in [3.63, 3.8) is 0 Å². The van der Waals surface area contributed by atoms with Crippen molar-refractivity contribution in [1.29, 1.82) is 0 Å².